The first-order valence-electron chi connectivity index (χ1n) is 7.70. The lowest BCUT2D eigenvalue weighted by molar-refractivity contribution is 0.741. The average molecular weight is 284 g/mol. The number of nitrogens with one attached hydrogen (secondary N) is 2. The van der Waals surface area contributed by atoms with E-state index in [0.29, 0.717) is 0 Å². The van der Waals surface area contributed by atoms with E-state index in [2.05, 4.69) is 65.6 Å². The maximum absolute atomic E-state index is 4.59. The molecule has 4 nitrogen and oxygen atoms in total. The van der Waals surface area contributed by atoms with Crippen LogP contribution in [0.5, 0.6) is 0 Å². The van der Waals surface area contributed by atoms with Crippen LogP contribution >= 0.6 is 0 Å². The molecule has 0 spiro atoms. The van der Waals surface area contributed by atoms with Crippen LogP contribution in [0.4, 0.5) is 11.6 Å². The summed E-state index contributed by atoms with van der Waals surface area (Å²) < 4.78 is 0. The van der Waals surface area contributed by atoms with Crippen molar-refractivity contribution in [3.8, 4) is 0 Å². The second-order valence-electron chi connectivity index (χ2n) is 4.95. The number of benzene rings is 1. The van der Waals surface area contributed by atoms with E-state index >= 15 is 0 Å². The van der Waals surface area contributed by atoms with Crippen LogP contribution in [0.15, 0.2) is 36.4 Å². The maximum atomic E-state index is 4.59. The molecule has 0 aliphatic carbocycles. The molecule has 2 rings (SSSR count). The Morgan fingerprint density at radius 3 is 2.33 bits per heavy atom. The van der Waals surface area contributed by atoms with Gasteiger partial charge in [-0.25, -0.2) is 9.97 Å². The van der Waals surface area contributed by atoms with Crippen molar-refractivity contribution in [1.82, 2.24) is 9.97 Å². The third kappa shape index (κ3) is 4.18. The lowest BCUT2D eigenvalue weighted by atomic mass is 10.0. The van der Waals surface area contributed by atoms with Gasteiger partial charge in [-0.3, -0.25) is 0 Å². The summed E-state index contributed by atoms with van der Waals surface area (Å²) in [5, 5.41) is 6.79. The van der Waals surface area contributed by atoms with Crippen LogP contribution in [0.2, 0.25) is 0 Å². The van der Waals surface area contributed by atoms with Gasteiger partial charge in [-0.1, -0.05) is 44.2 Å². The van der Waals surface area contributed by atoms with E-state index in [0.717, 1.165) is 36.8 Å². The molecule has 112 valence electrons. The average Bonchev–Trinajstić information content (AvgIpc) is 2.53. The molecule has 0 saturated heterocycles. The highest BCUT2D eigenvalue weighted by atomic mass is 15.1. The molecule has 2 N–H and O–H groups in total. The molecule has 1 heterocycles. The van der Waals surface area contributed by atoms with Gasteiger partial charge in [0.25, 0.3) is 0 Å². The van der Waals surface area contributed by atoms with Gasteiger partial charge in [0.1, 0.15) is 17.5 Å². The predicted molar refractivity (Wildman–Crippen MR) is 88.7 cm³/mol. The molecule has 4 heteroatoms. The summed E-state index contributed by atoms with van der Waals surface area (Å²) in [7, 11) is 0. The molecule has 1 unspecified atom stereocenters. The SMILES string of the molecule is CCNc1cc(NC(CC)c2ccccc2)nc(CC)n1. The summed E-state index contributed by atoms with van der Waals surface area (Å²) in [5.74, 6) is 2.63. The molecule has 21 heavy (non-hydrogen) atoms. The van der Waals surface area contributed by atoms with Gasteiger partial charge >= 0.3 is 0 Å². The van der Waals surface area contributed by atoms with Gasteiger partial charge in [-0.2, -0.15) is 0 Å². The minimum absolute atomic E-state index is 0.264. The molecule has 0 radical (unpaired) electrons. The summed E-state index contributed by atoms with van der Waals surface area (Å²) in [6.07, 6.45) is 1.84. The monoisotopic (exact) mass is 284 g/mol. The van der Waals surface area contributed by atoms with Crippen LogP contribution in [0.1, 0.15) is 44.6 Å². The largest absolute Gasteiger partial charge is 0.370 e. The highest BCUT2D eigenvalue weighted by molar-refractivity contribution is 5.49. The minimum atomic E-state index is 0.264. The number of nitrogens with zero attached hydrogens (tertiary/aromatic N) is 2. The molecule has 1 aromatic carbocycles. The van der Waals surface area contributed by atoms with E-state index < -0.39 is 0 Å². The third-order valence-electron chi connectivity index (χ3n) is 3.38. The van der Waals surface area contributed by atoms with Crippen molar-refractivity contribution in [3.05, 3.63) is 47.8 Å². The number of hydrogen-bond acceptors (Lipinski definition) is 4. The second kappa shape index (κ2) is 7.62. The Labute approximate surface area is 127 Å². The summed E-state index contributed by atoms with van der Waals surface area (Å²) in [6, 6.07) is 12.7. The van der Waals surface area contributed by atoms with E-state index in [-0.39, 0.29) is 6.04 Å². The van der Waals surface area contributed by atoms with Crippen molar-refractivity contribution in [2.45, 2.75) is 39.7 Å². The lowest BCUT2D eigenvalue weighted by Crippen LogP contribution is -2.13. The highest BCUT2D eigenvalue weighted by Gasteiger charge is 2.11. The van der Waals surface area contributed by atoms with Crippen molar-refractivity contribution in [2.75, 3.05) is 17.2 Å². The zero-order chi connectivity index (χ0) is 15.1. The van der Waals surface area contributed by atoms with Crippen LogP contribution in [0.25, 0.3) is 0 Å². The Hall–Kier alpha value is -2.10. The smallest absolute Gasteiger partial charge is 0.132 e. The fourth-order valence-electron chi connectivity index (χ4n) is 2.29. The number of hydrogen-bond donors (Lipinski definition) is 2. The Balaban J connectivity index is 2.22. The van der Waals surface area contributed by atoms with Gasteiger partial charge in [0.2, 0.25) is 0 Å². The highest BCUT2D eigenvalue weighted by Crippen LogP contribution is 2.22. The molecule has 0 aliphatic heterocycles. The zero-order valence-electron chi connectivity index (χ0n) is 13.1. The predicted octanol–water partition coefficient (Wildman–Crippen LogP) is 4.03. The van der Waals surface area contributed by atoms with Gasteiger partial charge in [0.05, 0.1) is 6.04 Å². The normalized spacial score (nSPS) is 12.0. The molecule has 2 aromatic rings. The van der Waals surface area contributed by atoms with Crippen molar-refractivity contribution in [1.29, 1.82) is 0 Å². The van der Waals surface area contributed by atoms with Crippen molar-refractivity contribution in [2.24, 2.45) is 0 Å². The quantitative estimate of drug-likeness (QED) is 0.806. The molecule has 1 atom stereocenters. The van der Waals surface area contributed by atoms with Crippen LogP contribution in [0, 0.1) is 0 Å². The standard InChI is InChI=1S/C17H24N4/c1-4-14(13-10-8-7-9-11-13)19-17-12-16(18-6-3)20-15(5-2)21-17/h7-12,14H,4-6H2,1-3H3,(H2,18,19,20,21). The first kappa shape index (κ1) is 15.3. The van der Waals surface area contributed by atoms with E-state index in [4.69, 9.17) is 0 Å². The van der Waals surface area contributed by atoms with Crippen LogP contribution in [-0.4, -0.2) is 16.5 Å². The second-order valence-corrected chi connectivity index (χ2v) is 4.95. The maximum Gasteiger partial charge on any atom is 0.132 e. The van der Waals surface area contributed by atoms with Crippen LogP contribution in [-0.2, 0) is 6.42 Å². The van der Waals surface area contributed by atoms with E-state index in [1.165, 1.54) is 5.56 Å². The number of aromatic nitrogens is 2. The van der Waals surface area contributed by atoms with Crippen molar-refractivity contribution in [3.63, 3.8) is 0 Å². The van der Waals surface area contributed by atoms with Gasteiger partial charge in [-0.15, -0.1) is 0 Å². The van der Waals surface area contributed by atoms with Gasteiger partial charge in [-0.05, 0) is 18.9 Å². The Morgan fingerprint density at radius 2 is 1.71 bits per heavy atom. The van der Waals surface area contributed by atoms with Crippen molar-refractivity contribution >= 4 is 11.6 Å². The lowest BCUT2D eigenvalue weighted by Gasteiger charge is -2.19. The summed E-state index contributed by atoms with van der Waals surface area (Å²) in [5.41, 5.74) is 1.28. The zero-order valence-corrected chi connectivity index (χ0v) is 13.1. The number of rotatable bonds is 7. The molecular weight excluding hydrogens is 260 g/mol. The van der Waals surface area contributed by atoms with E-state index in [1.807, 2.05) is 12.1 Å². The Morgan fingerprint density at radius 1 is 1.00 bits per heavy atom. The molecule has 0 aliphatic rings. The van der Waals surface area contributed by atoms with E-state index in [1.54, 1.807) is 0 Å². The first-order chi connectivity index (χ1) is 10.3. The third-order valence-corrected chi connectivity index (χ3v) is 3.38. The van der Waals surface area contributed by atoms with Crippen molar-refractivity contribution < 1.29 is 0 Å². The summed E-state index contributed by atoms with van der Waals surface area (Å²) in [6.45, 7) is 7.18. The fourth-order valence-corrected chi connectivity index (χ4v) is 2.29. The minimum Gasteiger partial charge on any atom is -0.370 e. The Bertz CT molecular complexity index is 554. The van der Waals surface area contributed by atoms with Gasteiger partial charge in [0, 0.05) is 19.0 Å². The molecule has 0 amide bonds. The van der Waals surface area contributed by atoms with Crippen LogP contribution < -0.4 is 10.6 Å². The van der Waals surface area contributed by atoms with Crippen LogP contribution in [0.3, 0.4) is 0 Å². The molecular formula is C17H24N4. The Kier molecular flexibility index (Phi) is 5.55. The summed E-state index contributed by atoms with van der Waals surface area (Å²) >= 11 is 0. The summed E-state index contributed by atoms with van der Waals surface area (Å²) in [4.78, 5) is 9.07. The first-order valence-corrected chi connectivity index (χ1v) is 7.70. The topological polar surface area (TPSA) is 49.8 Å². The number of anilines is 2. The van der Waals surface area contributed by atoms with Gasteiger partial charge in [0.15, 0.2) is 0 Å². The number of aryl methyl sites for hydroxylation is 1. The van der Waals surface area contributed by atoms with Gasteiger partial charge < -0.3 is 10.6 Å². The van der Waals surface area contributed by atoms with E-state index in [9.17, 15) is 0 Å². The molecule has 0 fully saturated rings. The molecule has 0 saturated carbocycles. The molecule has 0 bridgehead atoms. The fraction of sp³-hybridized carbons (Fsp3) is 0.412. The molecule has 1 aromatic heterocycles.